The van der Waals surface area contributed by atoms with E-state index in [0.29, 0.717) is 19.4 Å². The first-order valence-electron chi connectivity index (χ1n) is 7.02. The Morgan fingerprint density at radius 2 is 2.17 bits per heavy atom. The van der Waals surface area contributed by atoms with E-state index in [1.54, 1.807) is 0 Å². The Bertz CT molecular complexity index is 726. The lowest BCUT2D eigenvalue weighted by atomic mass is 9.93. The molecule has 0 fully saturated rings. The number of aryl methyl sites for hydroxylation is 1. The summed E-state index contributed by atoms with van der Waals surface area (Å²) >= 11 is 0. The van der Waals surface area contributed by atoms with Gasteiger partial charge in [-0.1, -0.05) is 17.7 Å². The molecule has 1 aliphatic rings. The minimum atomic E-state index is -4.16. The van der Waals surface area contributed by atoms with Gasteiger partial charge >= 0.3 is 10.1 Å². The molecule has 0 amide bonds. The Kier molecular flexibility index (Phi) is 5.09. The number of hydrogen-bond acceptors (Lipinski definition) is 6. The van der Waals surface area contributed by atoms with Crippen LogP contribution in [0.1, 0.15) is 17.5 Å². The van der Waals surface area contributed by atoms with Gasteiger partial charge in [0.2, 0.25) is 5.96 Å². The fraction of sp³-hybridized carbons (Fsp3) is 0.429. The Balaban J connectivity index is 2.09. The lowest BCUT2D eigenvalue weighted by molar-refractivity contribution is -0.120. The van der Waals surface area contributed by atoms with Crippen LogP contribution in [-0.4, -0.2) is 32.5 Å². The fourth-order valence-electron chi connectivity index (χ4n) is 2.38. The normalized spacial score (nSPS) is 17.3. The number of rotatable bonds is 5. The average molecular weight is 341 g/mol. The number of carbonyl (C=O) groups excluding carboxylic acids is 1. The van der Waals surface area contributed by atoms with E-state index in [1.807, 2.05) is 25.1 Å². The molecule has 0 spiro atoms. The zero-order chi connectivity index (χ0) is 17.0. The summed E-state index contributed by atoms with van der Waals surface area (Å²) in [6.07, 6.45) is 0.859. The summed E-state index contributed by atoms with van der Waals surface area (Å²) < 4.78 is 33.2. The van der Waals surface area contributed by atoms with Crippen molar-refractivity contribution in [2.24, 2.45) is 22.5 Å². The van der Waals surface area contributed by atoms with Crippen molar-refractivity contribution in [2.45, 2.75) is 19.8 Å². The Hall–Kier alpha value is -2.29. The van der Waals surface area contributed by atoms with Crippen molar-refractivity contribution < 1.29 is 22.2 Å². The maximum atomic E-state index is 12.3. The molecule has 23 heavy (non-hydrogen) atoms. The van der Waals surface area contributed by atoms with Gasteiger partial charge in [-0.05, 0) is 36.6 Å². The van der Waals surface area contributed by atoms with Gasteiger partial charge in [0.25, 0.3) is 0 Å². The maximum Gasteiger partial charge on any atom is 0.335 e. The summed E-state index contributed by atoms with van der Waals surface area (Å²) in [6, 6.07) is 5.72. The van der Waals surface area contributed by atoms with Gasteiger partial charge in [-0.25, -0.2) is 0 Å². The number of ether oxygens (including phenoxy) is 1. The second kappa shape index (κ2) is 6.86. The first kappa shape index (κ1) is 17.1. The number of carbonyl (C=O) groups is 1. The zero-order valence-electron chi connectivity index (χ0n) is 12.7. The van der Waals surface area contributed by atoms with Crippen molar-refractivity contribution in [3.05, 3.63) is 29.3 Å². The third-order valence-electron chi connectivity index (χ3n) is 3.44. The molecule has 0 aliphatic carbocycles. The van der Waals surface area contributed by atoms with E-state index in [4.69, 9.17) is 16.2 Å². The number of ketones is 1. The molecule has 1 unspecified atom stereocenters. The van der Waals surface area contributed by atoms with Crippen LogP contribution in [0.5, 0.6) is 5.75 Å². The van der Waals surface area contributed by atoms with E-state index in [-0.39, 0.29) is 0 Å². The molecule has 126 valence electrons. The molecule has 4 N–H and O–H groups in total. The van der Waals surface area contributed by atoms with Crippen LogP contribution >= 0.6 is 0 Å². The van der Waals surface area contributed by atoms with Crippen molar-refractivity contribution in [1.82, 2.24) is 0 Å². The maximum absolute atomic E-state index is 12.3. The van der Waals surface area contributed by atoms with Crippen molar-refractivity contribution in [1.29, 1.82) is 0 Å². The van der Waals surface area contributed by atoms with Gasteiger partial charge in [-0.2, -0.15) is 8.42 Å². The molecule has 1 aliphatic heterocycles. The van der Waals surface area contributed by atoms with Crippen LogP contribution in [0.3, 0.4) is 0 Å². The Morgan fingerprint density at radius 1 is 1.43 bits per heavy atom. The zero-order valence-corrected chi connectivity index (χ0v) is 13.5. The average Bonchev–Trinajstić information content (AvgIpc) is 2.66. The minimum absolute atomic E-state index is 0.348. The number of benzene rings is 1. The predicted octanol–water partition coefficient (Wildman–Crippen LogP) is 0.0401. The molecule has 1 aromatic rings. The van der Waals surface area contributed by atoms with Gasteiger partial charge in [-0.15, -0.1) is 0 Å². The van der Waals surface area contributed by atoms with Gasteiger partial charge in [-0.3, -0.25) is 9.08 Å². The molecule has 1 heterocycles. The van der Waals surface area contributed by atoms with Crippen molar-refractivity contribution in [2.75, 3.05) is 12.4 Å². The number of nitrogens with two attached hydrogens (primary N) is 2. The van der Waals surface area contributed by atoms with Gasteiger partial charge in [0, 0.05) is 5.92 Å². The number of guanidine groups is 1. The smallest absolute Gasteiger partial charge is 0.335 e. The minimum Gasteiger partial charge on any atom is -0.493 e. The van der Waals surface area contributed by atoms with Gasteiger partial charge in [0.05, 0.1) is 6.61 Å². The van der Waals surface area contributed by atoms with Crippen LogP contribution in [0.15, 0.2) is 23.4 Å². The molecule has 8 nitrogen and oxygen atoms in total. The SMILES string of the molecule is Cc1ccc2c(c1)CC(C(=O)CS(=O)(=O)ON=C(N)N)CCO2. The van der Waals surface area contributed by atoms with Crippen molar-refractivity contribution >= 4 is 21.9 Å². The van der Waals surface area contributed by atoms with Crippen molar-refractivity contribution in [3.63, 3.8) is 0 Å². The number of hydrogen-bond donors (Lipinski definition) is 2. The van der Waals surface area contributed by atoms with E-state index in [1.165, 1.54) is 0 Å². The van der Waals surface area contributed by atoms with Crippen molar-refractivity contribution in [3.8, 4) is 5.75 Å². The summed E-state index contributed by atoms with van der Waals surface area (Å²) in [5, 5.41) is 2.97. The molecule has 9 heteroatoms. The van der Waals surface area contributed by atoms with Crippen LogP contribution in [0, 0.1) is 12.8 Å². The van der Waals surface area contributed by atoms with E-state index < -0.39 is 33.5 Å². The number of Topliss-reactive ketones (excluding diaryl/α,β-unsaturated/α-hetero) is 1. The first-order valence-corrected chi connectivity index (χ1v) is 8.60. The molecule has 0 radical (unpaired) electrons. The van der Waals surface area contributed by atoms with Crippen LogP contribution in [0.4, 0.5) is 0 Å². The second-order valence-corrected chi connectivity index (χ2v) is 6.96. The highest BCUT2D eigenvalue weighted by Gasteiger charge is 2.28. The topological polar surface area (TPSA) is 134 Å². The highest BCUT2D eigenvalue weighted by molar-refractivity contribution is 7.87. The molecule has 2 rings (SSSR count). The van der Waals surface area contributed by atoms with Crippen LogP contribution in [0.2, 0.25) is 0 Å². The molecular formula is C14H19N3O5S. The third-order valence-corrected chi connectivity index (χ3v) is 4.38. The number of fused-ring (bicyclic) bond motifs is 1. The molecule has 0 saturated carbocycles. The summed E-state index contributed by atoms with van der Waals surface area (Å²) in [7, 11) is -4.16. The van der Waals surface area contributed by atoms with Gasteiger partial charge < -0.3 is 16.2 Å². The molecule has 0 bridgehead atoms. The number of oxime groups is 1. The second-order valence-electron chi connectivity index (χ2n) is 5.41. The van der Waals surface area contributed by atoms with Crippen LogP contribution < -0.4 is 16.2 Å². The van der Waals surface area contributed by atoms with Crippen LogP contribution in [0.25, 0.3) is 0 Å². The summed E-state index contributed by atoms with van der Waals surface area (Å²) in [4.78, 5) is 12.3. The first-order chi connectivity index (χ1) is 10.8. The lowest BCUT2D eigenvalue weighted by Gasteiger charge is -2.12. The standard InChI is InChI=1S/C14H19N3O5S/c1-9-2-3-13-11(6-9)7-10(4-5-21-13)12(18)8-23(19,20)22-17-14(15)16/h2-3,6,10H,4-5,7-8H2,1H3,(H4,15,16,17). The quantitative estimate of drug-likeness (QED) is 0.438. The van der Waals surface area contributed by atoms with E-state index >= 15 is 0 Å². The largest absolute Gasteiger partial charge is 0.493 e. The van der Waals surface area contributed by atoms with Gasteiger partial charge in [0.1, 0.15) is 11.5 Å². The Labute approximate surface area is 134 Å². The van der Waals surface area contributed by atoms with E-state index in [0.717, 1.165) is 16.9 Å². The van der Waals surface area contributed by atoms with E-state index in [9.17, 15) is 13.2 Å². The lowest BCUT2D eigenvalue weighted by Crippen LogP contribution is -2.28. The van der Waals surface area contributed by atoms with E-state index in [2.05, 4.69) is 9.44 Å². The molecule has 0 aromatic heterocycles. The molecule has 1 aromatic carbocycles. The highest BCUT2D eigenvalue weighted by atomic mass is 32.2. The summed E-state index contributed by atoms with van der Waals surface area (Å²) in [5.41, 5.74) is 11.9. The fourth-order valence-corrected chi connectivity index (χ4v) is 3.22. The summed E-state index contributed by atoms with van der Waals surface area (Å²) in [6.45, 7) is 2.29. The molecule has 0 saturated heterocycles. The third kappa shape index (κ3) is 4.85. The highest BCUT2D eigenvalue weighted by Crippen LogP contribution is 2.28. The monoisotopic (exact) mass is 341 g/mol. The van der Waals surface area contributed by atoms with Crippen LogP contribution in [-0.2, 0) is 25.6 Å². The summed E-state index contributed by atoms with van der Waals surface area (Å²) in [5.74, 6) is -1.50. The Morgan fingerprint density at radius 3 is 2.87 bits per heavy atom. The molecule has 1 atom stereocenters. The number of nitrogens with zero attached hydrogens (tertiary/aromatic N) is 1. The molecular weight excluding hydrogens is 322 g/mol. The predicted molar refractivity (Wildman–Crippen MR) is 84.2 cm³/mol. The van der Waals surface area contributed by atoms with Gasteiger partial charge in [0.15, 0.2) is 5.78 Å².